The fraction of sp³-hybridized carbons (Fsp3) is 0.478. The van der Waals surface area contributed by atoms with E-state index in [0.29, 0.717) is 70.7 Å². The lowest BCUT2D eigenvalue weighted by atomic mass is 9.79. The smallest absolute Gasteiger partial charge is 0.407 e. The van der Waals surface area contributed by atoms with Crippen LogP contribution in [0.5, 0.6) is 11.5 Å². The minimum atomic E-state index is -1.71. The van der Waals surface area contributed by atoms with Crippen LogP contribution in [0, 0.1) is 33.3 Å². The standard InChI is InChI=1S/2C46H60FN7O10/c1-43(2,3)35(50-41(59)60)37(55)53-21-9-19-45(53,39(48)57)31-23-27(11-17-33(31)63-7)25-52(30-15-13-29(47)14-16-30)26-28-12-18-34(64-8)32(24-28)46(40(49)58)20-10-22-54(46)38(56)36(44(4,5)6)51-42(61)62;1-45(2,23-35(48)57)39(50(5)43(61)62)41(59)53-21-19-33(55)37(53)29-11-7-27(8-12-29)25-52(32-17-15-31(47)16-18-32)26-28-9-13-30(14-10-28)38-34(56)20-22-54(38)42(60)40(51(6)44(63)64)46(3,4)24-36(49)58/h11-18,23-24,35-36,50-51H,9-10,19-22,25-26H2,1-8H3,(H2,48,57)(H2,49,58)(H,59,60)(H,61,62);7-18,33-34,37-40,55-56H,19-26H2,1-6H3,(H2,48,57)(H2,49,58)(H,61,62)(H,63,64)/t35-,36-,45+,46+;33-,34-,37-,38-,39+,40+/m10/s1. The van der Waals surface area contributed by atoms with Gasteiger partial charge in [0.25, 0.3) is 0 Å². The number of hydrogen-bond donors (Lipinski definition) is 12. The summed E-state index contributed by atoms with van der Waals surface area (Å²) in [6, 6.07) is 30.2. The van der Waals surface area contributed by atoms with E-state index >= 15 is 0 Å². The Morgan fingerprint density at radius 3 is 1.03 bits per heavy atom. The maximum absolute atomic E-state index is 14.4. The number of benzene rings is 6. The number of ether oxygens (including phenoxy) is 2. The van der Waals surface area contributed by atoms with Gasteiger partial charge in [0.2, 0.25) is 47.3 Å². The van der Waals surface area contributed by atoms with Gasteiger partial charge in [-0.15, -0.1) is 0 Å². The summed E-state index contributed by atoms with van der Waals surface area (Å²) in [5.41, 5.74) is 22.0. The highest BCUT2D eigenvalue weighted by molar-refractivity contribution is 5.97. The van der Waals surface area contributed by atoms with Crippen molar-refractivity contribution in [1.82, 2.24) is 40.0 Å². The van der Waals surface area contributed by atoms with Gasteiger partial charge in [0.15, 0.2) is 11.1 Å². The number of likely N-dealkylation sites (N-methyl/N-ethyl adjacent to an activating group) is 2. The molecule has 4 aliphatic heterocycles. The van der Waals surface area contributed by atoms with Crippen molar-refractivity contribution in [3.05, 3.63) is 190 Å². The molecule has 10 atom stereocenters. The first-order chi connectivity index (χ1) is 59.8. The molecule has 4 fully saturated rings. The zero-order valence-electron chi connectivity index (χ0n) is 74.7. The monoisotopic (exact) mass is 1780 g/mol. The summed E-state index contributed by atoms with van der Waals surface area (Å²) in [4.78, 5) is 168. The van der Waals surface area contributed by atoms with Crippen molar-refractivity contribution >= 4 is 83.0 Å². The molecule has 10 rings (SSSR count). The number of nitrogens with one attached hydrogen (secondary N) is 2. The van der Waals surface area contributed by atoms with E-state index in [0.717, 1.165) is 20.9 Å². The van der Waals surface area contributed by atoms with Crippen LogP contribution >= 0.6 is 0 Å². The zero-order chi connectivity index (χ0) is 94.9. The molecule has 0 aromatic heterocycles. The summed E-state index contributed by atoms with van der Waals surface area (Å²) in [5.74, 6) is -5.72. The van der Waals surface area contributed by atoms with Crippen molar-refractivity contribution in [2.45, 2.75) is 206 Å². The molecule has 4 aliphatic rings. The number of hydrogen-bond acceptors (Lipinski definition) is 18. The molecule has 0 aliphatic carbocycles. The molecule has 0 radical (unpaired) electrons. The quantitative estimate of drug-likeness (QED) is 0.0187. The maximum Gasteiger partial charge on any atom is 0.407 e. The summed E-state index contributed by atoms with van der Waals surface area (Å²) >= 11 is 0. The topological polar surface area (TPSA) is 499 Å². The fourth-order valence-corrected chi connectivity index (χ4v) is 18.6. The lowest BCUT2D eigenvalue weighted by molar-refractivity contribution is -0.147. The average molecular weight is 1780 g/mol. The zero-order valence-corrected chi connectivity index (χ0v) is 74.7. The number of aliphatic hydroxyl groups excluding tert-OH is 2. The summed E-state index contributed by atoms with van der Waals surface area (Å²) in [6.45, 7) is 18.2. The molecular formula is C92H120F2N14O20. The van der Waals surface area contributed by atoms with Gasteiger partial charge in [-0.25, -0.2) is 28.0 Å². The van der Waals surface area contributed by atoms with Crippen molar-refractivity contribution in [1.29, 1.82) is 0 Å². The van der Waals surface area contributed by atoms with E-state index in [2.05, 4.69) is 10.6 Å². The van der Waals surface area contributed by atoms with Crippen molar-refractivity contribution < 1.29 is 106 Å². The van der Waals surface area contributed by atoms with Crippen molar-refractivity contribution in [2.24, 2.45) is 44.6 Å². The van der Waals surface area contributed by atoms with Gasteiger partial charge in [-0.2, -0.15) is 0 Å². The fourth-order valence-electron chi connectivity index (χ4n) is 18.6. The summed E-state index contributed by atoms with van der Waals surface area (Å²) in [5, 5.41) is 66.0. The number of carbonyl (C=O) groups excluding carboxylic acids is 8. The molecule has 36 heteroatoms. The van der Waals surface area contributed by atoms with Gasteiger partial charge in [0.05, 0.1) is 38.5 Å². The first kappa shape index (κ1) is 98.9. The number of amides is 12. The molecule has 0 saturated carbocycles. The Bertz CT molecular complexity index is 4820. The molecule has 4 heterocycles. The Morgan fingerprint density at radius 1 is 0.453 bits per heavy atom. The predicted molar refractivity (Wildman–Crippen MR) is 468 cm³/mol. The van der Waals surface area contributed by atoms with Gasteiger partial charge >= 0.3 is 24.4 Å². The number of anilines is 2. The number of nitrogens with zero attached hydrogens (tertiary/aromatic N) is 8. The van der Waals surface area contributed by atoms with E-state index < -0.39 is 164 Å². The number of nitrogens with two attached hydrogens (primary N) is 4. The van der Waals surface area contributed by atoms with Crippen LogP contribution in [0.1, 0.15) is 177 Å². The third-order valence-electron chi connectivity index (χ3n) is 24.7. The Morgan fingerprint density at radius 2 is 0.758 bits per heavy atom. The van der Waals surface area contributed by atoms with Crippen LogP contribution in [0.15, 0.2) is 133 Å². The second kappa shape index (κ2) is 40.0. The molecule has 0 spiro atoms. The summed E-state index contributed by atoms with van der Waals surface area (Å²) in [6.07, 6.45) is -6.35. The van der Waals surface area contributed by atoms with E-state index in [1.165, 1.54) is 72.2 Å². The van der Waals surface area contributed by atoms with Crippen molar-refractivity contribution in [3.8, 4) is 11.5 Å². The highest BCUT2D eigenvalue weighted by atomic mass is 19.1. The summed E-state index contributed by atoms with van der Waals surface area (Å²) < 4.78 is 40.1. The van der Waals surface area contributed by atoms with Crippen molar-refractivity contribution in [3.63, 3.8) is 0 Å². The van der Waals surface area contributed by atoms with Gasteiger partial charge < -0.3 is 103 Å². The average Bonchev–Trinajstić information content (AvgIpc) is 1.49. The number of primary amides is 4. The first-order valence-electron chi connectivity index (χ1n) is 42.1. The molecule has 16 N–H and O–H groups in total. The van der Waals surface area contributed by atoms with Gasteiger partial charge in [0.1, 0.15) is 47.3 Å². The van der Waals surface area contributed by atoms with Crippen molar-refractivity contribution in [2.75, 3.05) is 64.3 Å². The maximum atomic E-state index is 14.4. The minimum absolute atomic E-state index is 0.118. The predicted octanol–water partition coefficient (Wildman–Crippen LogP) is 9.08. The lowest BCUT2D eigenvalue weighted by Gasteiger charge is -2.41. The van der Waals surface area contributed by atoms with E-state index in [4.69, 9.17) is 32.4 Å². The lowest BCUT2D eigenvalue weighted by Crippen LogP contribution is -2.61. The number of likely N-dealkylation sites (tertiary alicyclic amines) is 4. The molecule has 128 heavy (non-hydrogen) atoms. The Kier molecular flexibility index (Phi) is 30.9. The Balaban J connectivity index is 0.000000289. The highest BCUT2D eigenvalue weighted by Crippen LogP contribution is 2.49. The van der Waals surface area contributed by atoms with Crippen LogP contribution in [0.3, 0.4) is 0 Å². The van der Waals surface area contributed by atoms with Crippen LogP contribution in [-0.4, -0.2) is 223 Å². The first-order valence-corrected chi connectivity index (χ1v) is 42.1. The second-order valence-corrected chi connectivity index (χ2v) is 36.9. The van der Waals surface area contributed by atoms with E-state index in [1.807, 2.05) is 34.1 Å². The minimum Gasteiger partial charge on any atom is -0.496 e. The normalized spacial score (nSPS) is 19.7. The molecule has 692 valence electrons. The van der Waals surface area contributed by atoms with Crippen LogP contribution in [0.25, 0.3) is 0 Å². The number of halogens is 2. The highest BCUT2D eigenvalue weighted by Gasteiger charge is 2.57. The van der Waals surface area contributed by atoms with E-state index in [1.54, 1.807) is 154 Å². The number of aliphatic hydroxyl groups is 2. The van der Waals surface area contributed by atoms with E-state index in [9.17, 15) is 97.0 Å². The molecule has 34 nitrogen and oxygen atoms in total. The molecular weight excluding hydrogens is 1660 g/mol. The molecule has 0 unspecified atom stereocenters. The Hall–Kier alpha value is -12.9. The van der Waals surface area contributed by atoms with Gasteiger partial charge in [0, 0.05) is 113 Å². The molecule has 12 amide bonds. The Labute approximate surface area is 742 Å². The third-order valence-corrected chi connectivity index (χ3v) is 24.7. The number of methoxy groups -OCH3 is 2. The molecule has 4 saturated heterocycles. The van der Waals surface area contributed by atoms with Crippen LogP contribution in [0.2, 0.25) is 0 Å². The van der Waals surface area contributed by atoms with Crippen LogP contribution in [-0.2, 0) is 75.6 Å². The van der Waals surface area contributed by atoms with Crippen LogP contribution in [0.4, 0.5) is 39.3 Å². The second-order valence-electron chi connectivity index (χ2n) is 36.9. The number of carbonyl (C=O) groups is 12. The largest absolute Gasteiger partial charge is 0.496 e. The SMILES string of the molecule is CN(C(=O)O)[C@H](C(=O)N1CC[C@H](O)[C@@H]1c1ccc(CN(Cc2ccc([C@H]3[C@@H](O)CCN3C(=O)[C@@H](N(C)C(=O)O)C(C)(C)CC(N)=O)cc2)c2ccc(F)cc2)cc1)C(C)(C)CC(N)=O.COc1ccc(CN(Cc2ccc(OC)c([C@]3(C(N)=O)CCCN3C(=O)[C@@H](NC(=O)O)C(C)(C)C)c2)c2ccc(F)cc2)cc1[C@]1(C(N)=O)CCCN1C(=O)[C@@H](NC(=O)O)C(C)(C)C. The number of carboxylic acid groups (broad SMARTS) is 4. The molecule has 6 aromatic carbocycles. The van der Waals surface area contributed by atoms with E-state index in [-0.39, 0.29) is 89.3 Å². The third kappa shape index (κ3) is 21.9. The number of rotatable bonds is 32. The van der Waals surface area contributed by atoms with Gasteiger partial charge in [-0.1, -0.05) is 130 Å². The van der Waals surface area contributed by atoms with Gasteiger partial charge in [-0.05, 0) is 156 Å². The summed E-state index contributed by atoms with van der Waals surface area (Å²) in [7, 11) is 5.38. The molecule has 6 aromatic rings. The molecule has 0 bridgehead atoms. The van der Waals surface area contributed by atoms with Crippen LogP contribution < -0.4 is 52.8 Å². The van der Waals surface area contributed by atoms with Gasteiger partial charge in [-0.3, -0.25) is 48.2 Å².